The van der Waals surface area contributed by atoms with Gasteiger partial charge in [0.05, 0.1) is 35.8 Å². The zero-order valence-corrected chi connectivity index (χ0v) is 17.6. The topological polar surface area (TPSA) is 89.0 Å². The molecule has 0 radical (unpaired) electrons. The second-order valence-electron chi connectivity index (χ2n) is 9.50. The Morgan fingerprint density at radius 3 is 2.69 bits per heavy atom. The molecule has 2 fully saturated rings. The van der Waals surface area contributed by atoms with Crippen molar-refractivity contribution in [2.75, 3.05) is 7.11 Å². The summed E-state index contributed by atoms with van der Waals surface area (Å²) in [6.45, 7) is 0. The average Bonchev–Trinajstić information content (AvgIpc) is 3.14. The number of benzene rings is 2. The Morgan fingerprint density at radius 1 is 1.06 bits per heavy atom. The third kappa shape index (κ3) is 2.18. The second-order valence-corrected chi connectivity index (χ2v) is 9.50. The zero-order chi connectivity index (χ0) is 21.6. The molecule has 0 bridgehead atoms. The molecule has 0 saturated heterocycles. The molecule has 7 rings (SSSR count). The second kappa shape index (κ2) is 6.00. The fraction of sp³-hybridized carbons (Fsp3) is 0.320. The predicted octanol–water partition coefficient (Wildman–Crippen LogP) is 3.51. The minimum absolute atomic E-state index is 0.000403. The normalized spacial score (nSPS) is 28.0. The molecule has 2 saturated carbocycles. The fourth-order valence-corrected chi connectivity index (χ4v) is 6.54. The first-order chi connectivity index (χ1) is 15.6. The van der Waals surface area contributed by atoms with E-state index in [0.29, 0.717) is 11.3 Å². The molecular formula is C25H22N4O3. The summed E-state index contributed by atoms with van der Waals surface area (Å²) in [5, 5.41) is 13.0. The number of nitrogens with zero attached hydrogens (tertiary/aromatic N) is 2. The van der Waals surface area contributed by atoms with Crippen molar-refractivity contribution < 1.29 is 9.53 Å². The third-order valence-electron chi connectivity index (χ3n) is 7.93. The van der Waals surface area contributed by atoms with Crippen LogP contribution in [0.15, 0.2) is 53.3 Å². The van der Waals surface area contributed by atoms with Crippen molar-refractivity contribution in [1.29, 1.82) is 0 Å². The summed E-state index contributed by atoms with van der Waals surface area (Å²) in [7, 11) is 1.67. The smallest absolute Gasteiger partial charge is 0.272 e. The molecule has 2 aromatic heterocycles. The number of aromatic amines is 1. The van der Waals surface area contributed by atoms with Gasteiger partial charge in [-0.15, -0.1) is 0 Å². The number of aromatic nitrogens is 3. The first-order valence-corrected chi connectivity index (χ1v) is 11.1. The molecule has 160 valence electrons. The number of methoxy groups -OCH3 is 1. The Bertz CT molecular complexity index is 1490. The van der Waals surface area contributed by atoms with Gasteiger partial charge in [0.1, 0.15) is 11.4 Å². The molecule has 3 aliphatic rings. The van der Waals surface area contributed by atoms with Crippen molar-refractivity contribution in [2.45, 2.75) is 37.3 Å². The number of carbonyl (C=O) groups excluding carboxylic acids is 1. The standard InChI is InChI=1S/C25H22N4O3/c1-32-15-7-6-13-8-20-24(31)26-18-12-25(22(18)29(20)19(13)9-15)10-14(11-25)21-16-4-2-3-5-17(16)23(30)28-27-21/h2-9,14,18,22H,10-12H2,1H3,(H,26,31)(H,28,30)/t14-,18-,22?,25-/m0/s1. The van der Waals surface area contributed by atoms with Crippen LogP contribution in [0.25, 0.3) is 21.7 Å². The highest BCUT2D eigenvalue weighted by atomic mass is 16.5. The van der Waals surface area contributed by atoms with Crippen LogP contribution >= 0.6 is 0 Å². The van der Waals surface area contributed by atoms with E-state index < -0.39 is 0 Å². The molecule has 2 aromatic carbocycles. The van der Waals surface area contributed by atoms with Gasteiger partial charge in [-0.25, -0.2) is 5.10 Å². The van der Waals surface area contributed by atoms with Crippen LogP contribution in [0.5, 0.6) is 5.75 Å². The van der Waals surface area contributed by atoms with Crippen LogP contribution in [0.2, 0.25) is 0 Å². The molecule has 1 spiro atoms. The summed E-state index contributed by atoms with van der Waals surface area (Å²) in [6, 6.07) is 16.1. The van der Waals surface area contributed by atoms with Gasteiger partial charge >= 0.3 is 0 Å². The van der Waals surface area contributed by atoms with Crippen molar-refractivity contribution in [1.82, 2.24) is 20.1 Å². The van der Waals surface area contributed by atoms with E-state index in [-0.39, 0.29) is 29.0 Å². The van der Waals surface area contributed by atoms with E-state index in [1.165, 1.54) is 0 Å². The van der Waals surface area contributed by atoms with Gasteiger partial charge in [-0.1, -0.05) is 18.2 Å². The van der Waals surface area contributed by atoms with Crippen LogP contribution in [-0.2, 0) is 0 Å². The first kappa shape index (κ1) is 18.0. The number of carbonyl (C=O) groups is 1. The highest BCUT2D eigenvalue weighted by molar-refractivity contribution is 6.00. The molecule has 2 aliphatic carbocycles. The predicted molar refractivity (Wildman–Crippen MR) is 120 cm³/mol. The van der Waals surface area contributed by atoms with Crippen LogP contribution < -0.4 is 15.6 Å². The van der Waals surface area contributed by atoms with Gasteiger partial charge in [-0.05, 0) is 48.9 Å². The number of H-pyrrole nitrogens is 1. The quantitative estimate of drug-likeness (QED) is 0.513. The maximum Gasteiger partial charge on any atom is 0.272 e. The fourth-order valence-electron chi connectivity index (χ4n) is 6.54. The number of hydrogen-bond acceptors (Lipinski definition) is 4. The lowest BCUT2D eigenvalue weighted by molar-refractivity contribution is -0.0857. The summed E-state index contributed by atoms with van der Waals surface area (Å²) in [5.74, 6) is 1.10. The molecule has 7 heteroatoms. The zero-order valence-electron chi connectivity index (χ0n) is 17.6. The Morgan fingerprint density at radius 2 is 1.88 bits per heavy atom. The minimum atomic E-state index is -0.144. The molecule has 4 aromatic rings. The molecule has 1 aliphatic heterocycles. The molecule has 32 heavy (non-hydrogen) atoms. The van der Waals surface area contributed by atoms with Crippen LogP contribution in [0, 0.1) is 5.41 Å². The largest absolute Gasteiger partial charge is 0.497 e. The van der Waals surface area contributed by atoms with Crippen LogP contribution in [0.4, 0.5) is 0 Å². The molecule has 2 atom stereocenters. The number of ether oxygens (including phenoxy) is 1. The lowest BCUT2D eigenvalue weighted by Crippen LogP contribution is -2.66. The Hall–Kier alpha value is -3.61. The van der Waals surface area contributed by atoms with Crippen molar-refractivity contribution in [3.8, 4) is 5.75 Å². The molecule has 1 unspecified atom stereocenters. The lowest BCUT2D eigenvalue weighted by atomic mass is 9.46. The van der Waals surface area contributed by atoms with Crippen molar-refractivity contribution in [2.24, 2.45) is 5.41 Å². The van der Waals surface area contributed by atoms with Crippen LogP contribution in [0.3, 0.4) is 0 Å². The van der Waals surface area contributed by atoms with E-state index >= 15 is 0 Å². The Labute approximate surface area is 183 Å². The Kier molecular flexibility index (Phi) is 3.38. The van der Waals surface area contributed by atoms with E-state index in [2.05, 4.69) is 20.1 Å². The number of nitrogens with one attached hydrogen (secondary N) is 2. The average molecular weight is 426 g/mol. The Balaban J connectivity index is 1.29. The summed E-state index contributed by atoms with van der Waals surface area (Å²) in [6.07, 6.45) is 2.97. The van der Waals surface area contributed by atoms with Crippen molar-refractivity contribution in [3.05, 3.63) is 70.3 Å². The lowest BCUT2D eigenvalue weighted by Gasteiger charge is -2.64. The van der Waals surface area contributed by atoms with Gasteiger partial charge < -0.3 is 14.6 Å². The van der Waals surface area contributed by atoms with Crippen molar-refractivity contribution in [3.63, 3.8) is 0 Å². The maximum atomic E-state index is 12.8. The van der Waals surface area contributed by atoms with Gasteiger partial charge in [0.15, 0.2) is 0 Å². The molecule has 3 heterocycles. The van der Waals surface area contributed by atoms with Gasteiger partial charge in [-0.3, -0.25) is 9.59 Å². The highest BCUT2D eigenvalue weighted by Crippen LogP contribution is 2.68. The van der Waals surface area contributed by atoms with Gasteiger partial charge in [0, 0.05) is 22.8 Å². The van der Waals surface area contributed by atoms with E-state index in [0.717, 1.165) is 52.7 Å². The molecule has 1 amide bonds. The van der Waals surface area contributed by atoms with Gasteiger partial charge in [0.25, 0.3) is 11.5 Å². The highest BCUT2D eigenvalue weighted by Gasteiger charge is 2.63. The molecule has 7 nitrogen and oxygen atoms in total. The third-order valence-corrected chi connectivity index (χ3v) is 7.93. The van der Waals surface area contributed by atoms with E-state index in [1.807, 2.05) is 48.5 Å². The number of hydrogen-bond donors (Lipinski definition) is 2. The number of amides is 1. The van der Waals surface area contributed by atoms with Gasteiger partial charge in [0.2, 0.25) is 0 Å². The number of fused-ring (bicyclic) bond motifs is 7. The van der Waals surface area contributed by atoms with Crippen LogP contribution in [-0.4, -0.2) is 33.8 Å². The maximum absolute atomic E-state index is 12.8. The SMILES string of the molecule is COc1ccc2cc3n(c2c1)C1[C@H](C[C@]12C[C@@H](c1n[nH]c(=O)c4ccccc41)C2)NC3=O. The van der Waals surface area contributed by atoms with E-state index in [4.69, 9.17) is 4.74 Å². The van der Waals surface area contributed by atoms with E-state index in [9.17, 15) is 9.59 Å². The van der Waals surface area contributed by atoms with Gasteiger partial charge in [-0.2, -0.15) is 5.10 Å². The van der Waals surface area contributed by atoms with Crippen LogP contribution in [0.1, 0.15) is 47.4 Å². The summed E-state index contributed by atoms with van der Waals surface area (Å²) in [5.41, 5.74) is 2.75. The van der Waals surface area contributed by atoms with E-state index in [1.54, 1.807) is 7.11 Å². The van der Waals surface area contributed by atoms with Crippen molar-refractivity contribution >= 4 is 27.6 Å². The summed E-state index contributed by atoms with van der Waals surface area (Å²) in [4.78, 5) is 25.0. The molecule has 2 N–H and O–H groups in total. The monoisotopic (exact) mass is 426 g/mol. The summed E-state index contributed by atoms with van der Waals surface area (Å²) >= 11 is 0. The first-order valence-electron chi connectivity index (χ1n) is 11.1. The minimum Gasteiger partial charge on any atom is -0.497 e. The summed E-state index contributed by atoms with van der Waals surface area (Å²) < 4.78 is 7.71. The number of rotatable bonds is 2. The molecular weight excluding hydrogens is 404 g/mol.